The summed E-state index contributed by atoms with van der Waals surface area (Å²) in [5.41, 5.74) is 0.961. The van der Waals surface area contributed by atoms with Crippen molar-refractivity contribution in [3.63, 3.8) is 0 Å². The number of aliphatic imine (C=N–C) groups is 1. The predicted octanol–water partition coefficient (Wildman–Crippen LogP) is 2.48. The van der Waals surface area contributed by atoms with Gasteiger partial charge in [0.1, 0.15) is 12.4 Å². The van der Waals surface area contributed by atoms with E-state index < -0.39 is 0 Å². The number of guanidine groups is 1. The molecule has 6 heteroatoms. The SMILES string of the molecule is CN=C(NCCOc1ccc(Cl)cc1)NCc1ccccn1. The molecule has 2 N–H and O–H groups in total. The van der Waals surface area contributed by atoms with Gasteiger partial charge in [0, 0.05) is 18.3 Å². The molecule has 0 saturated carbocycles. The number of ether oxygens (including phenoxy) is 1. The molecule has 2 aromatic rings. The second-order valence-corrected chi connectivity index (χ2v) is 4.91. The molecule has 0 unspecified atom stereocenters. The van der Waals surface area contributed by atoms with Crippen molar-refractivity contribution in [3.05, 3.63) is 59.4 Å². The zero-order valence-electron chi connectivity index (χ0n) is 12.4. The summed E-state index contributed by atoms with van der Waals surface area (Å²) in [5, 5.41) is 7.08. The number of rotatable bonds is 6. The third-order valence-corrected chi connectivity index (χ3v) is 3.12. The molecule has 116 valence electrons. The quantitative estimate of drug-likeness (QED) is 0.488. The first-order valence-electron chi connectivity index (χ1n) is 7.01. The average Bonchev–Trinajstić information content (AvgIpc) is 2.57. The van der Waals surface area contributed by atoms with Crippen molar-refractivity contribution in [1.29, 1.82) is 0 Å². The van der Waals surface area contributed by atoms with E-state index in [0.29, 0.717) is 30.7 Å². The Labute approximate surface area is 135 Å². The van der Waals surface area contributed by atoms with Crippen LogP contribution in [0, 0.1) is 0 Å². The lowest BCUT2D eigenvalue weighted by Gasteiger charge is -2.12. The molecule has 1 heterocycles. The molecule has 2 rings (SSSR count). The number of pyridine rings is 1. The van der Waals surface area contributed by atoms with E-state index in [2.05, 4.69) is 20.6 Å². The van der Waals surface area contributed by atoms with Gasteiger partial charge in [0.15, 0.2) is 5.96 Å². The highest BCUT2D eigenvalue weighted by atomic mass is 35.5. The van der Waals surface area contributed by atoms with E-state index in [1.807, 2.05) is 30.3 Å². The van der Waals surface area contributed by atoms with Crippen LogP contribution in [-0.2, 0) is 6.54 Å². The van der Waals surface area contributed by atoms with E-state index in [-0.39, 0.29) is 0 Å². The van der Waals surface area contributed by atoms with Gasteiger partial charge in [-0.25, -0.2) is 0 Å². The zero-order valence-corrected chi connectivity index (χ0v) is 13.2. The highest BCUT2D eigenvalue weighted by Crippen LogP contribution is 2.14. The predicted molar refractivity (Wildman–Crippen MR) is 89.4 cm³/mol. The van der Waals surface area contributed by atoms with Crippen LogP contribution in [0.15, 0.2) is 53.7 Å². The third kappa shape index (κ3) is 5.61. The fourth-order valence-electron chi connectivity index (χ4n) is 1.77. The maximum atomic E-state index is 5.82. The van der Waals surface area contributed by atoms with Crippen LogP contribution in [0.1, 0.15) is 5.69 Å². The van der Waals surface area contributed by atoms with Crippen molar-refractivity contribution in [2.24, 2.45) is 4.99 Å². The molecule has 0 fully saturated rings. The smallest absolute Gasteiger partial charge is 0.191 e. The van der Waals surface area contributed by atoms with Crippen molar-refractivity contribution in [1.82, 2.24) is 15.6 Å². The van der Waals surface area contributed by atoms with Gasteiger partial charge >= 0.3 is 0 Å². The number of nitrogens with one attached hydrogen (secondary N) is 2. The fourth-order valence-corrected chi connectivity index (χ4v) is 1.89. The molecule has 0 radical (unpaired) electrons. The minimum atomic E-state index is 0.534. The lowest BCUT2D eigenvalue weighted by atomic mass is 10.3. The first kappa shape index (κ1) is 16.1. The van der Waals surface area contributed by atoms with Gasteiger partial charge in [0.05, 0.1) is 18.8 Å². The number of aromatic nitrogens is 1. The summed E-state index contributed by atoms with van der Waals surface area (Å²) in [6, 6.07) is 13.1. The second-order valence-electron chi connectivity index (χ2n) is 4.48. The van der Waals surface area contributed by atoms with Crippen LogP contribution in [0.25, 0.3) is 0 Å². The van der Waals surface area contributed by atoms with Gasteiger partial charge in [-0.1, -0.05) is 17.7 Å². The summed E-state index contributed by atoms with van der Waals surface area (Å²) in [5.74, 6) is 1.51. The number of halogens is 1. The molecule has 0 aliphatic rings. The van der Waals surface area contributed by atoms with E-state index in [9.17, 15) is 0 Å². The minimum absolute atomic E-state index is 0.534. The van der Waals surface area contributed by atoms with Gasteiger partial charge in [-0.05, 0) is 36.4 Å². The Balaban J connectivity index is 1.67. The van der Waals surface area contributed by atoms with E-state index in [0.717, 1.165) is 11.4 Å². The highest BCUT2D eigenvalue weighted by molar-refractivity contribution is 6.30. The molecule has 0 aliphatic carbocycles. The Hall–Kier alpha value is -2.27. The van der Waals surface area contributed by atoms with E-state index in [1.54, 1.807) is 25.4 Å². The Morgan fingerprint density at radius 2 is 2.00 bits per heavy atom. The van der Waals surface area contributed by atoms with Gasteiger partial charge < -0.3 is 15.4 Å². The topological polar surface area (TPSA) is 58.5 Å². The molecule has 1 aromatic carbocycles. The van der Waals surface area contributed by atoms with Crippen molar-refractivity contribution >= 4 is 17.6 Å². The monoisotopic (exact) mass is 318 g/mol. The van der Waals surface area contributed by atoms with Gasteiger partial charge in [-0.3, -0.25) is 9.98 Å². The largest absolute Gasteiger partial charge is 0.492 e. The van der Waals surface area contributed by atoms with Crippen LogP contribution in [0.2, 0.25) is 5.02 Å². The first-order valence-corrected chi connectivity index (χ1v) is 7.38. The lowest BCUT2D eigenvalue weighted by molar-refractivity contribution is 0.322. The zero-order chi connectivity index (χ0) is 15.6. The molecule has 0 aliphatic heterocycles. The maximum absolute atomic E-state index is 5.82. The molecule has 0 saturated heterocycles. The molecule has 22 heavy (non-hydrogen) atoms. The summed E-state index contributed by atoms with van der Waals surface area (Å²) in [6.45, 7) is 1.80. The summed E-state index contributed by atoms with van der Waals surface area (Å²) >= 11 is 5.82. The minimum Gasteiger partial charge on any atom is -0.492 e. The van der Waals surface area contributed by atoms with Gasteiger partial charge in [-0.15, -0.1) is 0 Å². The van der Waals surface area contributed by atoms with Crippen LogP contribution >= 0.6 is 11.6 Å². The molecule has 5 nitrogen and oxygen atoms in total. The number of nitrogens with zero attached hydrogens (tertiary/aromatic N) is 2. The van der Waals surface area contributed by atoms with Crippen molar-refractivity contribution in [3.8, 4) is 5.75 Å². The molecule has 0 amide bonds. The Morgan fingerprint density at radius 1 is 1.18 bits per heavy atom. The molecule has 0 spiro atoms. The molecular formula is C16H19ClN4O. The second kappa shape index (κ2) is 8.89. The van der Waals surface area contributed by atoms with Gasteiger partial charge in [0.2, 0.25) is 0 Å². The number of hydrogen-bond donors (Lipinski definition) is 2. The Kier molecular flexibility index (Phi) is 6.51. The Morgan fingerprint density at radius 3 is 2.68 bits per heavy atom. The maximum Gasteiger partial charge on any atom is 0.191 e. The van der Waals surface area contributed by atoms with Crippen molar-refractivity contribution < 1.29 is 4.74 Å². The molecule has 0 bridgehead atoms. The van der Waals surface area contributed by atoms with E-state index in [1.165, 1.54) is 0 Å². The number of hydrogen-bond acceptors (Lipinski definition) is 3. The normalized spacial score (nSPS) is 11.1. The van der Waals surface area contributed by atoms with Crippen LogP contribution in [0.5, 0.6) is 5.75 Å². The van der Waals surface area contributed by atoms with Crippen LogP contribution in [0.4, 0.5) is 0 Å². The Bertz CT molecular complexity index is 587. The van der Waals surface area contributed by atoms with Crippen LogP contribution in [0.3, 0.4) is 0 Å². The summed E-state index contributed by atoms with van der Waals surface area (Å²) in [4.78, 5) is 8.40. The fraction of sp³-hybridized carbons (Fsp3) is 0.250. The van der Waals surface area contributed by atoms with Crippen LogP contribution < -0.4 is 15.4 Å². The average molecular weight is 319 g/mol. The summed E-state index contributed by atoms with van der Waals surface area (Å²) in [6.07, 6.45) is 1.77. The van der Waals surface area contributed by atoms with E-state index in [4.69, 9.17) is 16.3 Å². The highest BCUT2D eigenvalue weighted by Gasteiger charge is 1.99. The van der Waals surface area contributed by atoms with Crippen LogP contribution in [-0.4, -0.2) is 31.1 Å². The van der Waals surface area contributed by atoms with Gasteiger partial charge in [-0.2, -0.15) is 0 Å². The van der Waals surface area contributed by atoms with Crippen molar-refractivity contribution in [2.45, 2.75) is 6.54 Å². The van der Waals surface area contributed by atoms with Gasteiger partial charge in [0.25, 0.3) is 0 Å². The summed E-state index contributed by atoms with van der Waals surface area (Å²) in [7, 11) is 1.73. The lowest BCUT2D eigenvalue weighted by Crippen LogP contribution is -2.39. The number of benzene rings is 1. The standard InChI is InChI=1S/C16H19ClN4O/c1-18-16(21-12-14-4-2-3-9-19-14)20-10-11-22-15-7-5-13(17)6-8-15/h2-9H,10-12H2,1H3,(H2,18,20,21). The third-order valence-electron chi connectivity index (χ3n) is 2.86. The molecule has 1 aromatic heterocycles. The molecule has 0 atom stereocenters. The molecular weight excluding hydrogens is 300 g/mol. The van der Waals surface area contributed by atoms with E-state index >= 15 is 0 Å². The van der Waals surface area contributed by atoms with Crippen molar-refractivity contribution in [2.75, 3.05) is 20.2 Å². The summed E-state index contributed by atoms with van der Waals surface area (Å²) < 4.78 is 5.60. The first-order chi connectivity index (χ1) is 10.8.